The Balaban J connectivity index is 1.22. The highest BCUT2D eigenvalue weighted by molar-refractivity contribution is 6.02. The third-order valence-electron chi connectivity index (χ3n) is 8.58. The summed E-state index contributed by atoms with van der Waals surface area (Å²) in [5, 5.41) is 1.80. The number of nitrogens with zero attached hydrogens (tertiary/aromatic N) is 9. The van der Waals surface area contributed by atoms with E-state index in [0.29, 0.717) is 43.4 Å². The minimum Gasteiger partial charge on any atom is -0.368 e. The van der Waals surface area contributed by atoms with Crippen LogP contribution in [0.25, 0.3) is 33.2 Å². The fraction of sp³-hybridized carbons (Fsp3) is 0.235. The van der Waals surface area contributed by atoms with Crippen LogP contribution in [-0.4, -0.2) is 86.3 Å². The first-order valence-electron chi connectivity index (χ1n) is 14.9. The first kappa shape index (κ1) is 28.4. The van der Waals surface area contributed by atoms with Gasteiger partial charge in [-0.3, -0.25) is 14.5 Å². The average molecular weight is 600 g/mol. The van der Waals surface area contributed by atoms with Crippen LogP contribution in [-0.2, 0) is 21.8 Å². The number of ketones is 1. The molecule has 1 aromatic carbocycles. The molecule has 11 heteroatoms. The first-order valence-corrected chi connectivity index (χ1v) is 14.9. The van der Waals surface area contributed by atoms with Crippen LogP contribution in [0.15, 0.2) is 97.8 Å². The van der Waals surface area contributed by atoms with Gasteiger partial charge in [0, 0.05) is 105 Å². The van der Waals surface area contributed by atoms with E-state index in [4.69, 9.17) is 0 Å². The molecule has 5 aromatic heterocycles. The Morgan fingerprint density at radius 1 is 0.822 bits per heavy atom. The lowest BCUT2D eigenvalue weighted by molar-refractivity contribution is -0.146. The summed E-state index contributed by atoms with van der Waals surface area (Å²) in [4.78, 5) is 52.2. The van der Waals surface area contributed by atoms with Crippen molar-refractivity contribution in [1.29, 1.82) is 0 Å². The molecule has 1 saturated heterocycles. The lowest BCUT2D eigenvalue weighted by Gasteiger charge is -2.45. The molecule has 0 N–H and O–H groups in total. The summed E-state index contributed by atoms with van der Waals surface area (Å²) in [6.07, 6.45) is 11.5. The summed E-state index contributed by atoms with van der Waals surface area (Å²) in [5.74, 6) is 0.395. The van der Waals surface area contributed by atoms with Crippen molar-refractivity contribution >= 4 is 45.8 Å². The Labute approximate surface area is 260 Å². The maximum Gasteiger partial charge on any atom is 0.224 e. The Hall–Kier alpha value is -5.42. The van der Waals surface area contributed by atoms with Gasteiger partial charge in [-0.15, -0.1) is 0 Å². The number of anilines is 2. The third-order valence-corrected chi connectivity index (χ3v) is 8.58. The van der Waals surface area contributed by atoms with Crippen molar-refractivity contribution in [3.05, 3.63) is 97.8 Å². The first-order chi connectivity index (χ1) is 22.0. The van der Waals surface area contributed by atoms with Crippen molar-refractivity contribution in [2.24, 2.45) is 0 Å². The van der Waals surface area contributed by atoms with Crippen LogP contribution in [0.4, 0.5) is 11.6 Å². The van der Waals surface area contributed by atoms with Gasteiger partial charge in [0.15, 0.2) is 6.29 Å². The van der Waals surface area contributed by atoms with Crippen molar-refractivity contribution in [2.75, 3.05) is 50.1 Å². The normalized spacial score (nSPS) is 15.3. The smallest absolute Gasteiger partial charge is 0.224 e. The van der Waals surface area contributed by atoms with E-state index in [-0.39, 0.29) is 12.3 Å². The average Bonchev–Trinajstić information content (AvgIpc) is 3.71. The summed E-state index contributed by atoms with van der Waals surface area (Å²) in [6, 6.07) is 19.6. The minimum atomic E-state index is -1.59. The Morgan fingerprint density at radius 3 is 2.20 bits per heavy atom. The van der Waals surface area contributed by atoms with Gasteiger partial charge in [-0.25, -0.2) is 19.9 Å². The number of fused-ring (bicyclic) bond motifs is 2. The summed E-state index contributed by atoms with van der Waals surface area (Å²) >= 11 is 0. The molecule has 0 radical (unpaired) electrons. The van der Waals surface area contributed by atoms with Crippen molar-refractivity contribution in [1.82, 2.24) is 34.0 Å². The zero-order valence-electron chi connectivity index (χ0n) is 25.2. The Morgan fingerprint density at radius 2 is 1.49 bits per heavy atom. The standard InChI is InChI=1S/C34H33N9O2/c1-39(2)33-37-21-27(22-38-33)28-9-3-4-10-29(28)40-17-19-42(20-18-40)34(24-44,43-16-12-26-8-6-14-36-32(26)43)30(45)23-41-15-11-25-7-5-13-35-31(25)41/h3-16,21-22,24H,17-20,23H2,1-2H3. The number of hydrogen-bond donors (Lipinski definition) is 0. The number of Topliss-reactive ketones (excluding diaryl/α,β-unsaturated/α-hetero) is 1. The highest BCUT2D eigenvalue weighted by atomic mass is 16.2. The molecule has 7 rings (SSSR count). The van der Waals surface area contributed by atoms with Gasteiger partial charge in [0.2, 0.25) is 17.4 Å². The zero-order chi connectivity index (χ0) is 31.0. The Bertz CT molecular complexity index is 1990. The van der Waals surface area contributed by atoms with Crippen molar-refractivity contribution < 1.29 is 9.59 Å². The van der Waals surface area contributed by atoms with Crippen LogP contribution in [0.2, 0.25) is 0 Å². The molecule has 6 aromatic rings. The molecule has 0 spiro atoms. The highest BCUT2D eigenvalue weighted by Gasteiger charge is 2.47. The van der Waals surface area contributed by atoms with Crippen molar-refractivity contribution in [3.63, 3.8) is 0 Å². The van der Waals surface area contributed by atoms with Gasteiger partial charge in [0.05, 0.1) is 6.54 Å². The number of pyridine rings is 2. The van der Waals surface area contributed by atoms with E-state index < -0.39 is 5.66 Å². The van der Waals surface area contributed by atoms with E-state index >= 15 is 0 Å². The van der Waals surface area contributed by atoms with Gasteiger partial charge >= 0.3 is 0 Å². The molecule has 1 aliphatic heterocycles. The molecule has 1 aliphatic rings. The lowest BCUT2D eigenvalue weighted by Crippen LogP contribution is -2.63. The number of hydrogen-bond acceptors (Lipinski definition) is 9. The molecule has 1 fully saturated rings. The van der Waals surface area contributed by atoms with Crippen LogP contribution in [0.3, 0.4) is 0 Å². The molecule has 1 atom stereocenters. The number of piperazine rings is 1. The number of para-hydroxylation sites is 1. The second-order valence-electron chi connectivity index (χ2n) is 11.4. The molecule has 0 saturated carbocycles. The predicted octanol–water partition coefficient (Wildman–Crippen LogP) is 3.85. The number of aldehydes is 1. The number of carbonyl (C=O) groups is 2. The van der Waals surface area contributed by atoms with Crippen LogP contribution < -0.4 is 9.80 Å². The quantitative estimate of drug-likeness (QED) is 0.181. The highest BCUT2D eigenvalue weighted by Crippen LogP contribution is 2.34. The van der Waals surface area contributed by atoms with Gasteiger partial charge in [0.25, 0.3) is 0 Å². The lowest BCUT2D eigenvalue weighted by atomic mass is 10.0. The summed E-state index contributed by atoms with van der Waals surface area (Å²) < 4.78 is 3.55. The second-order valence-corrected chi connectivity index (χ2v) is 11.4. The van der Waals surface area contributed by atoms with E-state index in [0.717, 1.165) is 33.9 Å². The van der Waals surface area contributed by atoms with E-state index in [1.165, 1.54) is 0 Å². The van der Waals surface area contributed by atoms with Gasteiger partial charge in [-0.2, -0.15) is 0 Å². The van der Waals surface area contributed by atoms with Crippen LogP contribution in [0.5, 0.6) is 0 Å². The molecular weight excluding hydrogens is 566 g/mol. The molecule has 226 valence electrons. The van der Waals surface area contributed by atoms with E-state index in [2.05, 4.69) is 37.0 Å². The number of benzene rings is 1. The topological polar surface area (TPSA) is 105 Å². The number of carbonyl (C=O) groups excluding carboxylic acids is 2. The zero-order valence-corrected chi connectivity index (χ0v) is 25.2. The minimum absolute atomic E-state index is 0.0161. The molecule has 11 nitrogen and oxygen atoms in total. The van der Waals surface area contributed by atoms with Gasteiger partial charge in [0.1, 0.15) is 11.3 Å². The van der Waals surface area contributed by atoms with Gasteiger partial charge < -0.3 is 18.9 Å². The van der Waals surface area contributed by atoms with Crippen LogP contribution >= 0.6 is 0 Å². The van der Waals surface area contributed by atoms with Crippen LogP contribution in [0.1, 0.15) is 0 Å². The third kappa shape index (κ3) is 4.91. The molecule has 45 heavy (non-hydrogen) atoms. The van der Waals surface area contributed by atoms with E-state index in [1.54, 1.807) is 23.2 Å². The van der Waals surface area contributed by atoms with Gasteiger partial charge in [-0.05, 0) is 42.5 Å². The molecule has 1 unspecified atom stereocenters. The SMILES string of the molecule is CN(C)c1ncc(-c2ccccc2N2CCN(C(C=O)(C(=O)Cn3ccc4cccnc43)n3ccc4cccnc43)CC2)cn1. The van der Waals surface area contributed by atoms with E-state index in [1.807, 2.05) is 95.6 Å². The second kappa shape index (κ2) is 11.6. The van der Waals surface area contributed by atoms with Crippen molar-refractivity contribution in [2.45, 2.75) is 12.2 Å². The van der Waals surface area contributed by atoms with Crippen molar-refractivity contribution in [3.8, 4) is 11.1 Å². The Kier molecular flexibility index (Phi) is 7.30. The van der Waals surface area contributed by atoms with Gasteiger partial charge in [-0.1, -0.05) is 18.2 Å². The maximum absolute atomic E-state index is 14.5. The summed E-state index contributed by atoms with van der Waals surface area (Å²) in [5.41, 5.74) is 2.70. The number of aromatic nitrogens is 6. The molecule has 0 aliphatic carbocycles. The fourth-order valence-corrected chi connectivity index (χ4v) is 6.29. The van der Waals surface area contributed by atoms with Crippen LogP contribution in [0, 0.1) is 0 Å². The largest absolute Gasteiger partial charge is 0.368 e. The predicted molar refractivity (Wildman–Crippen MR) is 174 cm³/mol. The summed E-state index contributed by atoms with van der Waals surface area (Å²) in [6.45, 7) is 2.16. The van der Waals surface area contributed by atoms with E-state index in [9.17, 15) is 9.59 Å². The molecule has 0 bridgehead atoms. The molecule has 0 amide bonds. The number of rotatable bonds is 9. The summed E-state index contributed by atoms with van der Waals surface area (Å²) in [7, 11) is 3.83. The maximum atomic E-state index is 14.5. The molecular formula is C34H33N9O2. The monoisotopic (exact) mass is 599 g/mol. The molecule has 6 heterocycles. The fourth-order valence-electron chi connectivity index (χ4n) is 6.29.